The van der Waals surface area contributed by atoms with Gasteiger partial charge in [-0.3, -0.25) is 4.79 Å². The second-order valence-electron chi connectivity index (χ2n) is 5.47. The second-order valence-corrected chi connectivity index (χ2v) is 5.47. The van der Waals surface area contributed by atoms with Crippen molar-refractivity contribution < 1.29 is 9.53 Å². The predicted octanol–water partition coefficient (Wildman–Crippen LogP) is 1.28. The van der Waals surface area contributed by atoms with E-state index < -0.39 is 0 Å². The molecule has 0 radical (unpaired) electrons. The largest absolute Gasteiger partial charge is 0.368 e. The fourth-order valence-corrected chi connectivity index (χ4v) is 2.54. The summed E-state index contributed by atoms with van der Waals surface area (Å²) in [7, 11) is 0. The Kier molecular flexibility index (Phi) is 4.87. The molecule has 3 rings (SSSR count). The maximum absolute atomic E-state index is 11.8. The summed E-state index contributed by atoms with van der Waals surface area (Å²) in [4.78, 5) is 20.6. The third-order valence-electron chi connectivity index (χ3n) is 3.65. The monoisotopic (exact) mass is 315 g/mol. The summed E-state index contributed by atoms with van der Waals surface area (Å²) in [6.45, 7) is 3.66. The average molecular weight is 315 g/mol. The Hall–Kier alpha value is -2.41. The number of ether oxygens (including phenoxy) is 1. The molecule has 122 valence electrons. The summed E-state index contributed by atoms with van der Waals surface area (Å²) in [5, 5.41) is 6.09. The molecule has 3 heterocycles. The molecule has 1 fully saturated rings. The average Bonchev–Trinajstić information content (AvgIpc) is 3.23. The first-order chi connectivity index (χ1) is 11.2. The molecule has 2 aromatic heterocycles. The lowest BCUT2D eigenvalue weighted by Crippen LogP contribution is -2.36. The maximum Gasteiger partial charge on any atom is 0.249 e. The Morgan fingerprint density at radius 2 is 2.17 bits per heavy atom. The van der Waals surface area contributed by atoms with Crippen LogP contribution in [0.5, 0.6) is 0 Å². The summed E-state index contributed by atoms with van der Waals surface area (Å²) in [5.41, 5.74) is 0. The minimum absolute atomic E-state index is 0.0313. The van der Waals surface area contributed by atoms with Gasteiger partial charge < -0.3 is 19.9 Å². The number of amides is 1. The number of hydrogen-bond acceptors (Lipinski definition) is 5. The number of nitrogens with zero attached hydrogens (tertiary/aromatic N) is 3. The zero-order valence-corrected chi connectivity index (χ0v) is 13.2. The van der Waals surface area contributed by atoms with Crippen molar-refractivity contribution in [3.05, 3.63) is 36.4 Å². The lowest BCUT2D eigenvalue weighted by molar-refractivity contribution is -0.129. The van der Waals surface area contributed by atoms with Gasteiger partial charge in [-0.15, -0.1) is 0 Å². The number of hydrogen-bond donors (Lipinski definition) is 2. The van der Waals surface area contributed by atoms with Gasteiger partial charge in [0.05, 0.1) is 0 Å². The van der Waals surface area contributed by atoms with Crippen molar-refractivity contribution in [3.63, 3.8) is 0 Å². The van der Waals surface area contributed by atoms with Crippen molar-refractivity contribution in [2.24, 2.45) is 0 Å². The van der Waals surface area contributed by atoms with E-state index in [1.165, 1.54) is 0 Å². The Morgan fingerprint density at radius 1 is 1.35 bits per heavy atom. The van der Waals surface area contributed by atoms with Crippen molar-refractivity contribution in [1.82, 2.24) is 19.9 Å². The molecule has 1 atom stereocenters. The molecule has 0 saturated carbocycles. The number of carbonyl (C=O) groups is 1. The molecule has 0 bridgehead atoms. The molecule has 23 heavy (non-hydrogen) atoms. The van der Waals surface area contributed by atoms with Crippen LogP contribution in [0, 0.1) is 6.92 Å². The van der Waals surface area contributed by atoms with Gasteiger partial charge in [-0.25, -0.2) is 9.97 Å². The van der Waals surface area contributed by atoms with Gasteiger partial charge in [-0.05, 0) is 31.9 Å². The highest BCUT2D eigenvalue weighted by Crippen LogP contribution is 2.12. The van der Waals surface area contributed by atoms with E-state index in [2.05, 4.69) is 20.6 Å². The molecule has 1 aliphatic rings. The van der Waals surface area contributed by atoms with E-state index in [0.29, 0.717) is 25.5 Å². The first-order valence-electron chi connectivity index (χ1n) is 7.84. The van der Waals surface area contributed by atoms with Gasteiger partial charge in [0.25, 0.3) is 0 Å². The molecule has 2 N–H and O–H groups in total. The van der Waals surface area contributed by atoms with E-state index in [-0.39, 0.29) is 12.0 Å². The molecule has 0 spiro atoms. The van der Waals surface area contributed by atoms with Gasteiger partial charge in [-0.1, -0.05) is 0 Å². The number of aryl methyl sites for hydroxylation is 1. The maximum atomic E-state index is 11.8. The number of nitrogens with one attached hydrogen (secondary N) is 2. The highest BCUT2D eigenvalue weighted by Gasteiger charge is 2.22. The zero-order chi connectivity index (χ0) is 16.1. The van der Waals surface area contributed by atoms with Crippen LogP contribution in [0.3, 0.4) is 0 Å². The molecule has 0 aromatic carbocycles. The number of anilines is 1. The van der Waals surface area contributed by atoms with Crippen LogP contribution >= 0.6 is 0 Å². The molecule has 2 aromatic rings. The fourth-order valence-electron chi connectivity index (χ4n) is 2.54. The standard InChI is InChI=1S/C16H21N5O2/c1-12-19-14(11-15(20-12)21-8-2-3-9-21)17-6-7-18-16(22)13-5-4-10-23-13/h2-3,8-9,11,13H,4-7,10H2,1H3,(H,18,22)(H,17,19,20). The quantitative estimate of drug-likeness (QED) is 0.785. The molecule has 1 unspecified atom stereocenters. The van der Waals surface area contributed by atoms with Gasteiger partial charge in [0, 0.05) is 38.2 Å². The number of carbonyl (C=O) groups excluding carboxylic acids is 1. The topological polar surface area (TPSA) is 81.1 Å². The Balaban J connectivity index is 1.51. The smallest absolute Gasteiger partial charge is 0.249 e. The van der Waals surface area contributed by atoms with Crippen LogP contribution in [0.2, 0.25) is 0 Å². The van der Waals surface area contributed by atoms with Gasteiger partial charge in [0.15, 0.2) is 0 Å². The van der Waals surface area contributed by atoms with Gasteiger partial charge in [-0.2, -0.15) is 0 Å². The first kappa shape index (κ1) is 15.5. The number of rotatable bonds is 6. The first-order valence-corrected chi connectivity index (χ1v) is 7.84. The van der Waals surface area contributed by atoms with Crippen LogP contribution in [0.4, 0.5) is 5.82 Å². The Morgan fingerprint density at radius 3 is 2.91 bits per heavy atom. The van der Waals surface area contributed by atoms with E-state index in [1.54, 1.807) is 0 Å². The van der Waals surface area contributed by atoms with Crippen LogP contribution in [0.15, 0.2) is 30.6 Å². The zero-order valence-electron chi connectivity index (χ0n) is 13.2. The molecule has 1 saturated heterocycles. The molecule has 1 amide bonds. The van der Waals surface area contributed by atoms with E-state index >= 15 is 0 Å². The molecular weight excluding hydrogens is 294 g/mol. The lowest BCUT2D eigenvalue weighted by atomic mass is 10.2. The minimum atomic E-state index is -0.281. The van der Waals surface area contributed by atoms with Crippen LogP contribution < -0.4 is 10.6 Å². The van der Waals surface area contributed by atoms with Gasteiger partial charge in [0.2, 0.25) is 5.91 Å². The SMILES string of the molecule is Cc1nc(NCCNC(=O)C2CCCO2)cc(-n2cccc2)n1. The van der Waals surface area contributed by atoms with Crippen LogP contribution in [-0.2, 0) is 9.53 Å². The van der Waals surface area contributed by atoms with Crippen molar-refractivity contribution in [2.75, 3.05) is 25.0 Å². The van der Waals surface area contributed by atoms with Crippen LogP contribution in [0.25, 0.3) is 5.82 Å². The fraction of sp³-hybridized carbons (Fsp3) is 0.438. The summed E-state index contributed by atoms with van der Waals surface area (Å²) in [5.74, 6) is 2.22. The van der Waals surface area contributed by atoms with E-state index in [1.807, 2.05) is 42.1 Å². The molecule has 7 nitrogen and oxygen atoms in total. The van der Waals surface area contributed by atoms with Crippen LogP contribution in [0.1, 0.15) is 18.7 Å². The Labute approximate surface area is 135 Å². The van der Waals surface area contributed by atoms with Crippen molar-refractivity contribution >= 4 is 11.7 Å². The molecule has 7 heteroatoms. The molecular formula is C16H21N5O2. The summed E-state index contributed by atoms with van der Waals surface area (Å²) in [6, 6.07) is 5.78. The summed E-state index contributed by atoms with van der Waals surface area (Å²) in [6.07, 6.45) is 5.36. The van der Waals surface area contributed by atoms with Crippen LogP contribution in [-0.4, -0.2) is 46.2 Å². The third-order valence-corrected chi connectivity index (χ3v) is 3.65. The van der Waals surface area contributed by atoms with Crippen molar-refractivity contribution in [3.8, 4) is 5.82 Å². The third kappa shape index (κ3) is 4.07. The van der Waals surface area contributed by atoms with Crippen molar-refractivity contribution in [1.29, 1.82) is 0 Å². The van der Waals surface area contributed by atoms with E-state index in [9.17, 15) is 4.79 Å². The minimum Gasteiger partial charge on any atom is -0.368 e. The highest BCUT2D eigenvalue weighted by atomic mass is 16.5. The summed E-state index contributed by atoms with van der Waals surface area (Å²) < 4.78 is 7.28. The van der Waals surface area contributed by atoms with E-state index in [0.717, 1.165) is 24.5 Å². The second kappa shape index (κ2) is 7.23. The van der Waals surface area contributed by atoms with E-state index in [4.69, 9.17) is 4.74 Å². The molecule has 1 aliphatic heterocycles. The Bertz CT molecular complexity index is 650. The lowest BCUT2D eigenvalue weighted by Gasteiger charge is -2.12. The molecule has 0 aliphatic carbocycles. The predicted molar refractivity (Wildman–Crippen MR) is 86.6 cm³/mol. The summed E-state index contributed by atoms with van der Waals surface area (Å²) >= 11 is 0. The number of aromatic nitrogens is 3. The van der Waals surface area contributed by atoms with Gasteiger partial charge in [0.1, 0.15) is 23.6 Å². The normalized spacial score (nSPS) is 17.2. The van der Waals surface area contributed by atoms with Crippen molar-refractivity contribution in [2.45, 2.75) is 25.9 Å². The highest BCUT2D eigenvalue weighted by molar-refractivity contribution is 5.80. The van der Waals surface area contributed by atoms with Gasteiger partial charge >= 0.3 is 0 Å².